The topological polar surface area (TPSA) is 57.4 Å². The Balaban J connectivity index is 1.12. The zero-order valence-electron chi connectivity index (χ0n) is 47.3. The van der Waals surface area contributed by atoms with Gasteiger partial charge in [0, 0.05) is 32.7 Å². The van der Waals surface area contributed by atoms with Gasteiger partial charge in [-0.05, 0) is 237 Å². The Morgan fingerprint density at radius 1 is 0.247 bits per heavy atom. The highest BCUT2D eigenvalue weighted by molar-refractivity contribution is 6.14. The third-order valence-electron chi connectivity index (χ3n) is 16.9. The van der Waals surface area contributed by atoms with E-state index in [1.54, 1.807) is 0 Å². The van der Waals surface area contributed by atoms with Gasteiger partial charge in [0.05, 0.1) is 56.7 Å². The molecule has 0 aliphatic heterocycles. The molecular formula is C77H60N4. The number of aromatic nitrogens is 2. The summed E-state index contributed by atoms with van der Waals surface area (Å²) < 4.78 is 4.86. The van der Waals surface area contributed by atoms with E-state index in [4.69, 9.17) is 0 Å². The third kappa shape index (κ3) is 8.69. The van der Waals surface area contributed by atoms with Gasteiger partial charge in [-0.25, -0.2) is 0 Å². The fraction of sp³-hybridized carbons (Fsp3) is 0.117. The zero-order valence-corrected chi connectivity index (χ0v) is 47.3. The highest BCUT2D eigenvalue weighted by atomic mass is 15.0. The second-order valence-electron chi connectivity index (χ2n) is 22.6. The molecule has 0 N–H and O–H groups in total. The molecule has 0 aliphatic carbocycles. The zero-order chi connectivity index (χ0) is 56.0. The lowest BCUT2D eigenvalue weighted by Gasteiger charge is -2.21. The smallest absolute Gasteiger partial charge is 0.0991 e. The van der Waals surface area contributed by atoms with Crippen LogP contribution >= 0.6 is 0 Å². The highest BCUT2D eigenvalue weighted by Crippen LogP contribution is 2.46. The molecule has 0 bridgehead atoms. The first-order chi connectivity index (χ1) is 39.2. The minimum atomic E-state index is 0.563. The van der Waals surface area contributed by atoms with Crippen LogP contribution in [0.3, 0.4) is 0 Å². The van der Waals surface area contributed by atoms with E-state index >= 15 is 0 Å². The molecule has 0 saturated heterocycles. The second-order valence-corrected chi connectivity index (χ2v) is 22.6. The van der Waals surface area contributed by atoms with Crippen molar-refractivity contribution in [3.8, 4) is 90.3 Å². The molecule has 2 aromatic heterocycles. The molecule has 13 aromatic rings. The van der Waals surface area contributed by atoms with Crippen LogP contribution in [0, 0.1) is 85.0 Å². The largest absolute Gasteiger partial charge is 0.309 e. The van der Waals surface area contributed by atoms with Crippen molar-refractivity contribution in [3.05, 3.63) is 261 Å². The van der Waals surface area contributed by atoms with Crippen molar-refractivity contribution in [2.24, 2.45) is 0 Å². The Bertz CT molecular complexity index is 4670. The molecule has 0 radical (unpaired) electrons. The van der Waals surface area contributed by atoms with E-state index in [0.29, 0.717) is 11.1 Å². The molecule has 11 aromatic carbocycles. The van der Waals surface area contributed by atoms with Crippen molar-refractivity contribution >= 4 is 43.6 Å². The molecule has 0 amide bonds. The van der Waals surface area contributed by atoms with Gasteiger partial charge in [-0.15, -0.1) is 0 Å². The molecule has 13 rings (SSSR count). The van der Waals surface area contributed by atoms with E-state index in [-0.39, 0.29) is 0 Å². The molecule has 4 nitrogen and oxygen atoms in total. The Kier molecular flexibility index (Phi) is 12.3. The summed E-state index contributed by atoms with van der Waals surface area (Å²) in [6, 6.07) is 78.4. The average Bonchev–Trinajstić information content (AvgIpc) is 3.77. The lowest BCUT2D eigenvalue weighted by atomic mass is 9.92. The average molecular weight is 1040 g/mol. The number of hydrogen-bond acceptors (Lipinski definition) is 2. The van der Waals surface area contributed by atoms with Crippen LogP contribution in [-0.2, 0) is 0 Å². The number of fused-ring (bicyclic) bond motifs is 6. The maximum Gasteiger partial charge on any atom is 0.0991 e. The fourth-order valence-corrected chi connectivity index (χ4v) is 13.0. The van der Waals surface area contributed by atoms with Crippen molar-refractivity contribution in [1.82, 2.24) is 9.13 Å². The van der Waals surface area contributed by atoms with Crippen molar-refractivity contribution in [2.45, 2.75) is 62.3 Å². The van der Waals surface area contributed by atoms with Gasteiger partial charge < -0.3 is 9.13 Å². The lowest BCUT2D eigenvalue weighted by Crippen LogP contribution is -2.03. The first kappa shape index (κ1) is 50.5. The summed E-state index contributed by atoms with van der Waals surface area (Å²) in [4.78, 5) is 0. The molecule has 0 atom stereocenters. The minimum absolute atomic E-state index is 0.563. The molecule has 0 fully saturated rings. The molecule has 388 valence electrons. The van der Waals surface area contributed by atoms with Gasteiger partial charge in [0.1, 0.15) is 0 Å². The van der Waals surface area contributed by atoms with Gasteiger partial charge in [0.15, 0.2) is 0 Å². The van der Waals surface area contributed by atoms with Crippen LogP contribution in [-0.4, -0.2) is 9.13 Å². The fourth-order valence-electron chi connectivity index (χ4n) is 13.0. The quantitative estimate of drug-likeness (QED) is 0.152. The van der Waals surface area contributed by atoms with Crippen LogP contribution in [0.5, 0.6) is 0 Å². The molecule has 0 aliphatic rings. The first-order valence-corrected chi connectivity index (χ1v) is 27.9. The standard InChI is InChI=1S/C77H60N4/c1-45-10-21-61(49(5)32-45)56-16-28-74-68(39-56)69-40-57(62-22-11-46(2)33-50(62)6)17-29-75(69)80(74)72-26-15-55(44-79)37-66(72)67-38-60(65-25-14-54(43-78)36-53(65)9)20-27-73(67)81-76-30-18-58(63-23-12-47(3)34-51(63)7)41-70(76)71-42-59(19-31-77(71)81)64-24-13-48(4)35-52(64)8/h10-42H,1-9H3. The van der Waals surface area contributed by atoms with E-state index in [1.165, 1.54) is 77.9 Å². The SMILES string of the molecule is Cc1ccc(-c2ccc3c(c2)c2cc(-c4ccc(C)cc4C)ccc2n3-c2ccc(C#N)cc2-c2cc(-c3ccc(C#N)cc3C)ccc2-n2c3ccc(-c4ccc(C)cc4C)cc3c3cc(-c4ccc(C)cc4C)ccc32)c(C)c1. The van der Waals surface area contributed by atoms with Crippen LogP contribution in [0.1, 0.15) is 61.2 Å². The normalized spacial score (nSPS) is 11.5. The first-order valence-electron chi connectivity index (χ1n) is 27.9. The third-order valence-corrected chi connectivity index (χ3v) is 16.9. The summed E-state index contributed by atoms with van der Waals surface area (Å²) in [6.07, 6.45) is 0. The van der Waals surface area contributed by atoms with Crippen LogP contribution < -0.4 is 0 Å². The summed E-state index contributed by atoms with van der Waals surface area (Å²) >= 11 is 0. The van der Waals surface area contributed by atoms with E-state index < -0.39 is 0 Å². The number of nitrogens with zero attached hydrogens (tertiary/aromatic N) is 4. The number of rotatable bonds is 8. The predicted molar refractivity (Wildman–Crippen MR) is 340 cm³/mol. The predicted octanol–water partition coefficient (Wildman–Crippen LogP) is 20.4. The van der Waals surface area contributed by atoms with Crippen LogP contribution in [0.4, 0.5) is 0 Å². The number of benzene rings is 11. The van der Waals surface area contributed by atoms with Gasteiger partial charge in [0.25, 0.3) is 0 Å². The molecule has 0 saturated carbocycles. The molecule has 2 heterocycles. The summed E-state index contributed by atoms with van der Waals surface area (Å²) in [7, 11) is 0. The maximum atomic E-state index is 10.9. The van der Waals surface area contributed by atoms with Gasteiger partial charge in [-0.3, -0.25) is 0 Å². The Labute approximate surface area is 474 Å². The maximum absolute atomic E-state index is 10.9. The Morgan fingerprint density at radius 3 is 0.852 bits per heavy atom. The Morgan fingerprint density at radius 2 is 0.519 bits per heavy atom. The van der Waals surface area contributed by atoms with E-state index in [0.717, 1.165) is 93.9 Å². The number of nitriles is 2. The molecule has 0 spiro atoms. The molecular weight excluding hydrogens is 981 g/mol. The van der Waals surface area contributed by atoms with E-state index in [1.807, 2.05) is 18.2 Å². The second kappa shape index (κ2) is 19.7. The van der Waals surface area contributed by atoms with Gasteiger partial charge in [-0.1, -0.05) is 131 Å². The van der Waals surface area contributed by atoms with Crippen molar-refractivity contribution < 1.29 is 0 Å². The van der Waals surface area contributed by atoms with Crippen LogP contribution in [0.15, 0.2) is 200 Å². The summed E-state index contributed by atoms with van der Waals surface area (Å²) in [5.41, 5.74) is 31.8. The van der Waals surface area contributed by atoms with Gasteiger partial charge in [-0.2, -0.15) is 10.5 Å². The summed E-state index contributed by atoms with van der Waals surface area (Å²) in [6.45, 7) is 19.5. The molecule has 81 heavy (non-hydrogen) atoms. The van der Waals surface area contributed by atoms with Crippen molar-refractivity contribution in [1.29, 1.82) is 10.5 Å². The van der Waals surface area contributed by atoms with Crippen LogP contribution in [0.25, 0.3) is 122 Å². The van der Waals surface area contributed by atoms with Gasteiger partial charge >= 0.3 is 0 Å². The lowest BCUT2D eigenvalue weighted by molar-refractivity contribution is 1.16. The Hall–Kier alpha value is -10.0. The summed E-state index contributed by atoms with van der Waals surface area (Å²) in [5.74, 6) is 0. The highest BCUT2D eigenvalue weighted by Gasteiger charge is 2.24. The van der Waals surface area contributed by atoms with Crippen molar-refractivity contribution in [3.63, 3.8) is 0 Å². The van der Waals surface area contributed by atoms with Crippen molar-refractivity contribution in [2.75, 3.05) is 0 Å². The molecule has 0 unspecified atom stereocenters. The number of hydrogen-bond donors (Lipinski definition) is 0. The van der Waals surface area contributed by atoms with E-state index in [2.05, 4.69) is 266 Å². The monoisotopic (exact) mass is 1040 g/mol. The van der Waals surface area contributed by atoms with E-state index in [9.17, 15) is 10.5 Å². The minimum Gasteiger partial charge on any atom is -0.309 e. The van der Waals surface area contributed by atoms with Gasteiger partial charge in [0.2, 0.25) is 0 Å². The summed E-state index contributed by atoms with van der Waals surface area (Å²) in [5, 5.41) is 25.5. The molecule has 4 heteroatoms. The van der Waals surface area contributed by atoms with Crippen LogP contribution in [0.2, 0.25) is 0 Å². The number of aryl methyl sites for hydroxylation is 9.